The molecule has 2 nitrogen and oxygen atoms in total. The van der Waals surface area contributed by atoms with Crippen LogP contribution in [-0.2, 0) is 19.4 Å². The van der Waals surface area contributed by atoms with Gasteiger partial charge in [-0.1, -0.05) is 18.2 Å². The van der Waals surface area contributed by atoms with Gasteiger partial charge in [0.15, 0.2) is 0 Å². The Bertz CT molecular complexity index is 403. The number of fused-ring (bicyclic) bond motifs is 1. The molecule has 1 aliphatic rings. The van der Waals surface area contributed by atoms with Gasteiger partial charge < -0.3 is 4.90 Å². The van der Waals surface area contributed by atoms with Crippen molar-refractivity contribution in [1.82, 2.24) is 4.90 Å². The summed E-state index contributed by atoms with van der Waals surface area (Å²) in [6.45, 7) is 0.678. The third-order valence-corrected chi connectivity index (χ3v) is 3.74. The van der Waals surface area contributed by atoms with Crippen molar-refractivity contribution in [3.8, 4) is 0 Å². The third-order valence-electron chi connectivity index (χ3n) is 3.13. The van der Waals surface area contributed by atoms with Crippen LogP contribution in [0.25, 0.3) is 0 Å². The van der Waals surface area contributed by atoms with Gasteiger partial charge in [-0.05, 0) is 42.4 Å². The molecule has 0 N–H and O–H groups in total. The summed E-state index contributed by atoms with van der Waals surface area (Å²) < 4.78 is 0. The van der Waals surface area contributed by atoms with Gasteiger partial charge in [0.05, 0.1) is 0 Å². The fraction of sp³-hybridized carbons (Fsp3) is 0.462. The highest BCUT2D eigenvalue weighted by Gasteiger charge is 2.11. The minimum atomic E-state index is -0.0646. The summed E-state index contributed by atoms with van der Waals surface area (Å²) in [5.41, 5.74) is 4.18. The molecule has 0 saturated heterocycles. The number of benzene rings is 1. The molecule has 0 saturated carbocycles. The van der Waals surface area contributed by atoms with E-state index in [0.717, 1.165) is 0 Å². The molecule has 0 unspecified atom stereocenters. The number of carbonyl (C=O) groups excluding carboxylic acids is 1. The molecular weight excluding hydrogens is 266 g/mol. The van der Waals surface area contributed by atoms with Gasteiger partial charge in [-0.15, -0.1) is 0 Å². The molecule has 16 heavy (non-hydrogen) atoms. The van der Waals surface area contributed by atoms with Crippen molar-refractivity contribution in [3.05, 3.63) is 34.9 Å². The minimum absolute atomic E-state index is 0.0646. The summed E-state index contributed by atoms with van der Waals surface area (Å²) in [6.07, 6.45) is 5.01. The maximum Gasteiger partial charge on any atom is 0.289 e. The Morgan fingerprint density at radius 3 is 2.69 bits per heavy atom. The van der Waals surface area contributed by atoms with E-state index < -0.39 is 0 Å². The lowest BCUT2D eigenvalue weighted by molar-refractivity contribution is 0.233. The average Bonchev–Trinajstić information content (AvgIpc) is 2.28. The molecule has 0 bridgehead atoms. The maximum absolute atomic E-state index is 11.1. The normalized spacial score (nSPS) is 14.4. The van der Waals surface area contributed by atoms with Crippen LogP contribution in [0.2, 0.25) is 0 Å². The van der Waals surface area contributed by atoms with Crippen molar-refractivity contribution in [2.75, 3.05) is 7.05 Å². The van der Waals surface area contributed by atoms with Gasteiger partial charge in [0, 0.05) is 29.5 Å². The van der Waals surface area contributed by atoms with Gasteiger partial charge in [0.1, 0.15) is 0 Å². The van der Waals surface area contributed by atoms with Crippen molar-refractivity contribution in [2.24, 2.45) is 0 Å². The van der Waals surface area contributed by atoms with Gasteiger partial charge in [-0.2, -0.15) is 0 Å². The Labute approximate surface area is 105 Å². The Morgan fingerprint density at radius 1 is 1.31 bits per heavy atom. The molecule has 0 fully saturated rings. The molecule has 0 radical (unpaired) electrons. The number of hydrogen-bond acceptors (Lipinski definition) is 1. The largest absolute Gasteiger partial charge is 0.332 e. The molecular formula is C13H16BrNO. The van der Waals surface area contributed by atoms with E-state index in [-0.39, 0.29) is 4.82 Å². The first-order valence-electron chi connectivity index (χ1n) is 5.68. The van der Waals surface area contributed by atoms with Gasteiger partial charge in [-0.25, -0.2) is 0 Å². The van der Waals surface area contributed by atoms with E-state index in [0.29, 0.717) is 6.54 Å². The molecule has 1 aromatic carbocycles. The van der Waals surface area contributed by atoms with Crippen LogP contribution in [0.3, 0.4) is 0 Å². The van der Waals surface area contributed by atoms with E-state index in [9.17, 15) is 4.79 Å². The second-order valence-corrected chi connectivity index (χ2v) is 5.10. The Morgan fingerprint density at radius 2 is 2.00 bits per heavy atom. The number of nitrogens with zero attached hydrogens (tertiary/aromatic N) is 1. The Balaban J connectivity index is 2.14. The van der Waals surface area contributed by atoms with Crippen LogP contribution in [0.5, 0.6) is 0 Å². The van der Waals surface area contributed by atoms with E-state index in [1.165, 1.54) is 42.4 Å². The highest BCUT2D eigenvalue weighted by molar-refractivity contribution is 9.18. The number of halogens is 1. The fourth-order valence-electron chi connectivity index (χ4n) is 2.22. The lowest BCUT2D eigenvalue weighted by Crippen LogP contribution is -2.20. The Hall–Kier alpha value is -0.830. The van der Waals surface area contributed by atoms with Crippen molar-refractivity contribution >= 4 is 20.7 Å². The van der Waals surface area contributed by atoms with Crippen LogP contribution in [0.1, 0.15) is 29.5 Å². The molecule has 0 aliphatic heterocycles. The van der Waals surface area contributed by atoms with Gasteiger partial charge >= 0.3 is 0 Å². The lowest BCUT2D eigenvalue weighted by atomic mass is 9.90. The molecule has 0 spiro atoms. The smallest absolute Gasteiger partial charge is 0.289 e. The van der Waals surface area contributed by atoms with Gasteiger partial charge in [0.25, 0.3) is 4.82 Å². The van der Waals surface area contributed by atoms with Crippen molar-refractivity contribution in [1.29, 1.82) is 0 Å². The van der Waals surface area contributed by atoms with Crippen LogP contribution in [0.15, 0.2) is 18.2 Å². The predicted octanol–water partition coefficient (Wildman–Crippen LogP) is 3.51. The number of carbonyl (C=O) groups is 1. The van der Waals surface area contributed by atoms with E-state index in [1.807, 2.05) is 0 Å². The first-order valence-corrected chi connectivity index (χ1v) is 6.47. The van der Waals surface area contributed by atoms with E-state index in [1.54, 1.807) is 11.9 Å². The van der Waals surface area contributed by atoms with Crippen LogP contribution in [0, 0.1) is 0 Å². The average molecular weight is 282 g/mol. The molecule has 1 aromatic rings. The SMILES string of the molecule is CN(Cc1ccc2c(c1)CCCC2)C(=O)Br. The van der Waals surface area contributed by atoms with Gasteiger partial charge in [0.2, 0.25) is 0 Å². The first-order chi connectivity index (χ1) is 7.66. The van der Waals surface area contributed by atoms with Crippen LogP contribution in [0.4, 0.5) is 4.79 Å². The molecule has 2 rings (SSSR count). The quantitative estimate of drug-likeness (QED) is 0.600. The number of amides is 1. The van der Waals surface area contributed by atoms with Gasteiger partial charge in [-0.3, -0.25) is 4.79 Å². The van der Waals surface area contributed by atoms with E-state index in [2.05, 4.69) is 34.1 Å². The van der Waals surface area contributed by atoms with E-state index >= 15 is 0 Å². The molecule has 0 aromatic heterocycles. The summed E-state index contributed by atoms with van der Waals surface area (Å²) in [5.74, 6) is 0. The van der Waals surface area contributed by atoms with Crippen molar-refractivity contribution < 1.29 is 4.79 Å². The second-order valence-electron chi connectivity index (χ2n) is 4.42. The minimum Gasteiger partial charge on any atom is -0.332 e. The summed E-state index contributed by atoms with van der Waals surface area (Å²) in [7, 11) is 1.80. The molecule has 3 heteroatoms. The number of aryl methyl sites for hydroxylation is 2. The van der Waals surface area contributed by atoms with Crippen LogP contribution in [-0.4, -0.2) is 16.8 Å². The standard InChI is InChI=1S/C13H16BrNO/c1-15(13(14)16)9-10-6-7-11-4-2-3-5-12(11)8-10/h6-8H,2-5,9H2,1H3. The zero-order chi connectivity index (χ0) is 11.5. The fourth-order valence-corrected chi connectivity index (χ4v) is 2.35. The summed E-state index contributed by atoms with van der Waals surface area (Å²) in [6, 6.07) is 6.61. The molecule has 1 aliphatic carbocycles. The monoisotopic (exact) mass is 281 g/mol. The summed E-state index contributed by atoms with van der Waals surface area (Å²) in [4.78, 5) is 12.7. The zero-order valence-electron chi connectivity index (χ0n) is 9.50. The third kappa shape index (κ3) is 2.64. The van der Waals surface area contributed by atoms with Crippen molar-refractivity contribution in [3.63, 3.8) is 0 Å². The maximum atomic E-state index is 11.1. The second kappa shape index (κ2) is 5.00. The molecule has 1 amide bonds. The molecule has 0 heterocycles. The molecule has 86 valence electrons. The zero-order valence-corrected chi connectivity index (χ0v) is 11.1. The number of rotatable bonds is 2. The summed E-state index contributed by atoms with van der Waals surface area (Å²) in [5, 5.41) is 0. The van der Waals surface area contributed by atoms with Crippen molar-refractivity contribution in [2.45, 2.75) is 32.2 Å². The first kappa shape index (κ1) is 11.6. The highest BCUT2D eigenvalue weighted by atomic mass is 79.9. The lowest BCUT2D eigenvalue weighted by Gasteiger charge is -2.19. The van der Waals surface area contributed by atoms with Crippen LogP contribution >= 0.6 is 15.9 Å². The predicted molar refractivity (Wildman–Crippen MR) is 68.9 cm³/mol. The topological polar surface area (TPSA) is 20.3 Å². The number of hydrogen-bond donors (Lipinski definition) is 0. The molecule has 0 atom stereocenters. The van der Waals surface area contributed by atoms with E-state index in [4.69, 9.17) is 0 Å². The Kier molecular flexibility index (Phi) is 3.64. The highest BCUT2D eigenvalue weighted by Crippen LogP contribution is 2.22. The summed E-state index contributed by atoms with van der Waals surface area (Å²) >= 11 is 2.96. The van der Waals surface area contributed by atoms with Crippen LogP contribution < -0.4 is 0 Å².